The van der Waals surface area contributed by atoms with E-state index in [9.17, 15) is 4.39 Å². The van der Waals surface area contributed by atoms with Crippen LogP contribution in [0.4, 0.5) is 16.2 Å². The molecule has 1 saturated heterocycles. The van der Waals surface area contributed by atoms with Gasteiger partial charge in [-0.1, -0.05) is 13.8 Å². The summed E-state index contributed by atoms with van der Waals surface area (Å²) in [7, 11) is 1.73. The van der Waals surface area contributed by atoms with Gasteiger partial charge in [-0.15, -0.1) is 0 Å². The highest BCUT2D eigenvalue weighted by atomic mass is 19.1. The van der Waals surface area contributed by atoms with Crippen molar-refractivity contribution in [3.05, 3.63) is 12.0 Å². The Morgan fingerprint density at radius 3 is 2.82 bits per heavy atom. The zero-order chi connectivity index (χ0) is 12.4. The molecule has 2 unspecified atom stereocenters. The van der Waals surface area contributed by atoms with Gasteiger partial charge in [0.05, 0.1) is 6.20 Å². The first-order chi connectivity index (χ1) is 8.11. The summed E-state index contributed by atoms with van der Waals surface area (Å²) in [6.45, 7) is 6.17. The zero-order valence-corrected chi connectivity index (χ0v) is 10.6. The molecule has 0 bridgehead atoms. The predicted octanol–water partition coefficient (Wildman–Crippen LogP) is 2.14. The molecule has 94 valence electrons. The summed E-state index contributed by atoms with van der Waals surface area (Å²) in [5, 5.41) is 2.84. The molecule has 5 heteroatoms. The van der Waals surface area contributed by atoms with Gasteiger partial charge in [-0.3, -0.25) is 0 Å². The molecule has 0 saturated carbocycles. The molecule has 1 aromatic heterocycles. The van der Waals surface area contributed by atoms with E-state index in [1.54, 1.807) is 7.05 Å². The Morgan fingerprint density at radius 2 is 2.18 bits per heavy atom. The molecule has 1 N–H and O–H groups in total. The normalized spacial score (nSPS) is 24.8. The quantitative estimate of drug-likeness (QED) is 0.857. The van der Waals surface area contributed by atoms with Crippen molar-refractivity contribution in [2.45, 2.75) is 20.3 Å². The van der Waals surface area contributed by atoms with E-state index in [2.05, 4.69) is 29.1 Å². The maximum atomic E-state index is 13.7. The topological polar surface area (TPSA) is 41.1 Å². The molecule has 0 aromatic carbocycles. The lowest BCUT2D eigenvalue weighted by atomic mass is 9.89. The summed E-state index contributed by atoms with van der Waals surface area (Å²) in [5.74, 6) is 1.80. The van der Waals surface area contributed by atoms with E-state index in [1.165, 1.54) is 6.20 Å². The highest BCUT2D eigenvalue weighted by molar-refractivity contribution is 5.44. The molecule has 1 aliphatic heterocycles. The first kappa shape index (κ1) is 12.1. The van der Waals surface area contributed by atoms with E-state index in [4.69, 9.17) is 0 Å². The summed E-state index contributed by atoms with van der Waals surface area (Å²) in [6, 6.07) is 0. The second kappa shape index (κ2) is 4.85. The Balaban J connectivity index is 2.21. The van der Waals surface area contributed by atoms with Gasteiger partial charge in [-0.25, -0.2) is 9.37 Å². The van der Waals surface area contributed by atoms with Crippen LogP contribution < -0.4 is 10.2 Å². The maximum absolute atomic E-state index is 13.7. The second-order valence-electron chi connectivity index (χ2n) is 4.80. The van der Waals surface area contributed by atoms with E-state index >= 15 is 0 Å². The number of rotatable bonds is 2. The number of aromatic nitrogens is 2. The SMILES string of the molecule is CNc1ncc(F)c(N2CCC(C)C(C)C2)n1. The average molecular weight is 238 g/mol. The van der Waals surface area contributed by atoms with Crippen molar-refractivity contribution in [3.8, 4) is 0 Å². The minimum Gasteiger partial charge on any atom is -0.357 e. The Morgan fingerprint density at radius 1 is 1.41 bits per heavy atom. The van der Waals surface area contributed by atoms with Crippen LogP contribution >= 0.6 is 0 Å². The van der Waals surface area contributed by atoms with Gasteiger partial charge < -0.3 is 10.2 Å². The van der Waals surface area contributed by atoms with Gasteiger partial charge in [-0.2, -0.15) is 4.98 Å². The number of halogens is 1. The molecule has 17 heavy (non-hydrogen) atoms. The number of nitrogens with one attached hydrogen (secondary N) is 1. The number of nitrogens with zero attached hydrogens (tertiary/aromatic N) is 3. The average Bonchev–Trinajstić information content (AvgIpc) is 2.33. The van der Waals surface area contributed by atoms with Crippen molar-refractivity contribution in [2.24, 2.45) is 11.8 Å². The number of hydrogen-bond donors (Lipinski definition) is 1. The third-order valence-corrected chi connectivity index (χ3v) is 3.58. The van der Waals surface area contributed by atoms with E-state index in [1.807, 2.05) is 4.90 Å². The fourth-order valence-electron chi connectivity index (χ4n) is 2.16. The second-order valence-corrected chi connectivity index (χ2v) is 4.80. The summed E-state index contributed by atoms with van der Waals surface area (Å²) in [4.78, 5) is 10.1. The molecule has 4 nitrogen and oxygen atoms in total. The molecule has 0 radical (unpaired) electrons. The van der Waals surface area contributed by atoms with Crippen LogP contribution in [0, 0.1) is 17.7 Å². The molecule has 1 aromatic rings. The molecule has 1 fully saturated rings. The fraction of sp³-hybridized carbons (Fsp3) is 0.667. The molecular formula is C12H19FN4. The van der Waals surface area contributed by atoms with Gasteiger partial charge in [0.1, 0.15) is 0 Å². The van der Waals surface area contributed by atoms with Crippen LogP contribution in [-0.4, -0.2) is 30.1 Å². The summed E-state index contributed by atoms with van der Waals surface area (Å²) in [5.41, 5.74) is 0. The monoisotopic (exact) mass is 238 g/mol. The minimum absolute atomic E-state index is 0.342. The van der Waals surface area contributed by atoms with E-state index in [-0.39, 0.29) is 5.82 Å². The standard InChI is InChI=1S/C12H19FN4/c1-8-4-5-17(7-9(8)2)11-10(13)6-15-12(14-3)16-11/h6,8-9H,4-5,7H2,1-3H3,(H,14,15,16). The fourth-order valence-corrected chi connectivity index (χ4v) is 2.16. The van der Waals surface area contributed by atoms with E-state index in [0.717, 1.165) is 19.5 Å². The van der Waals surface area contributed by atoms with Crippen LogP contribution in [-0.2, 0) is 0 Å². The highest BCUT2D eigenvalue weighted by Gasteiger charge is 2.25. The molecule has 0 amide bonds. The van der Waals surface area contributed by atoms with Crippen LogP contribution in [0.25, 0.3) is 0 Å². The van der Waals surface area contributed by atoms with Crippen molar-refractivity contribution >= 4 is 11.8 Å². The van der Waals surface area contributed by atoms with Gasteiger partial charge in [0.2, 0.25) is 5.95 Å². The summed E-state index contributed by atoms with van der Waals surface area (Å²) in [6.07, 6.45) is 2.32. The van der Waals surface area contributed by atoms with E-state index < -0.39 is 0 Å². The number of hydrogen-bond acceptors (Lipinski definition) is 4. The summed E-state index contributed by atoms with van der Waals surface area (Å²) < 4.78 is 13.7. The van der Waals surface area contributed by atoms with Gasteiger partial charge in [0.15, 0.2) is 11.6 Å². The Bertz CT molecular complexity index is 396. The molecular weight excluding hydrogens is 219 g/mol. The molecule has 0 aliphatic carbocycles. The van der Waals surface area contributed by atoms with E-state index in [0.29, 0.717) is 23.6 Å². The van der Waals surface area contributed by atoms with Crippen LogP contribution in [0.15, 0.2) is 6.20 Å². The Kier molecular flexibility index (Phi) is 3.45. The zero-order valence-electron chi connectivity index (χ0n) is 10.6. The largest absolute Gasteiger partial charge is 0.357 e. The lowest BCUT2D eigenvalue weighted by molar-refractivity contribution is 0.321. The van der Waals surface area contributed by atoms with Crippen molar-refractivity contribution in [2.75, 3.05) is 30.4 Å². The minimum atomic E-state index is -0.342. The van der Waals surface area contributed by atoms with Crippen molar-refractivity contribution in [3.63, 3.8) is 0 Å². The van der Waals surface area contributed by atoms with Gasteiger partial charge >= 0.3 is 0 Å². The number of anilines is 2. The van der Waals surface area contributed by atoms with Crippen LogP contribution in [0.3, 0.4) is 0 Å². The predicted molar refractivity (Wildman–Crippen MR) is 66.7 cm³/mol. The summed E-state index contributed by atoms with van der Waals surface area (Å²) >= 11 is 0. The van der Waals surface area contributed by atoms with Gasteiger partial charge in [-0.05, 0) is 18.3 Å². The first-order valence-electron chi connectivity index (χ1n) is 6.07. The number of piperidine rings is 1. The first-order valence-corrected chi connectivity index (χ1v) is 6.07. The lowest BCUT2D eigenvalue weighted by Gasteiger charge is -2.36. The van der Waals surface area contributed by atoms with Gasteiger partial charge in [0, 0.05) is 20.1 Å². The third kappa shape index (κ3) is 2.48. The maximum Gasteiger partial charge on any atom is 0.224 e. The molecule has 2 heterocycles. The smallest absolute Gasteiger partial charge is 0.224 e. The molecule has 2 rings (SSSR count). The van der Waals surface area contributed by atoms with Crippen molar-refractivity contribution in [1.29, 1.82) is 0 Å². The highest BCUT2D eigenvalue weighted by Crippen LogP contribution is 2.27. The van der Waals surface area contributed by atoms with Crippen LogP contribution in [0.1, 0.15) is 20.3 Å². The van der Waals surface area contributed by atoms with Crippen LogP contribution in [0.2, 0.25) is 0 Å². The molecule has 1 aliphatic rings. The Labute approximate surface area is 101 Å². The van der Waals surface area contributed by atoms with Gasteiger partial charge in [0.25, 0.3) is 0 Å². The molecule has 2 atom stereocenters. The van der Waals surface area contributed by atoms with Crippen molar-refractivity contribution in [1.82, 2.24) is 9.97 Å². The third-order valence-electron chi connectivity index (χ3n) is 3.58. The molecule has 0 spiro atoms. The Hall–Kier alpha value is -1.39. The van der Waals surface area contributed by atoms with Crippen molar-refractivity contribution < 1.29 is 4.39 Å². The lowest BCUT2D eigenvalue weighted by Crippen LogP contribution is -2.39. The van der Waals surface area contributed by atoms with Crippen LogP contribution in [0.5, 0.6) is 0 Å².